The van der Waals surface area contributed by atoms with E-state index in [1.165, 1.54) is 10.6 Å². The number of ether oxygens (including phenoxy) is 2. The summed E-state index contributed by atoms with van der Waals surface area (Å²) in [7, 11) is 1.55. The fraction of sp³-hybridized carbons (Fsp3) is 0.316. The SMILES string of the molecule is COc1ccc2c(c1)-c1nc3c(cc1[C@@H](O)O2)c(=O)[nH]c(=O)n3CC(C)C. The largest absolute Gasteiger partial charge is 0.497 e. The van der Waals surface area contributed by atoms with E-state index in [0.717, 1.165) is 0 Å². The summed E-state index contributed by atoms with van der Waals surface area (Å²) in [5, 5.41) is 10.6. The summed E-state index contributed by atoms with van der Waals surface area (Å²) in [5.41, 5.74) is 0.668. The molecule has 0 amide bonds. The summed E-state index contributed by atoms with van der Waals surface area (Å²) >= 11 is 0. The van der Waals surface area contributed by atoms with Gasteiger partial charge in [0.1, 0.15) is 17.1 Å². The number of aliphatic hydroxyl groups excluding tert-OH is 1. The molecule has 0 bridgehead atoms. The molecule has 0 radical (unpaired) electrons. The van der Waals surface area contributed by atoms with Gasteiger partial charge in [0.2, 0.25) is 6.29 Å². The molecule has 8 heteroatoms. The summed E-state index contributed by atoms with van der Waals surface area (Å²) in [5.74, 6) is 1.23. The van der Waals surface area contributed by atoms with Crippen LogP contribution >= 0.6 is 0 Å². The molecule has 4 rings (SSSR count). The van der Waals surface area contributed by atoms with Crippen molar-refractivity contribution in [1.82, 2.24) is 14.5 Å². The van der Waals surface area contributed by atoms with Gasteiger partial charge in [0.25, 0.3) is 5.56 Å². The molecule has 0 saturated heterocycles. The molecule has 2 aromatic heterocycles. The van der Waals surface area contributed by atoms with Gasteiger partial charge in [-0.25, -0.2) is 9.78 Å². The number of rotatable bonds is 3. The van der Waals surface area contributed by atoms with Gasteiger partial charge in [0.05, 0.1) is 18.2 Å². The van der Waals surface area contributed by atoms with Crippen LogP contribution in [0.25, 0.3) is 22.3 Å². The van der Waals surface area contributed by atoms with Gasteiger partial charge >= 0.3 is 5.69 Å². The van der Waals surface area contributed by atoms with Gasteiger partial charge in [-0.1, -0.05) is 13.8 Å². The average molecular weight is 369 g/mol. The molecule has 0 unspecified atom stereocenters. The van der Waals surface area contributed by atoms with E-state index in [0.29, 0.717) is 34.9 Å². The molecule has 0 spiro atoms. The predicted octanol–water partition coefficient (Wildman–Crippen LogP) is 1.80. The summed E-state index contributed by atoms with van der Waals surface area (Å²) < 4.78 is 12.3. The molecule has 3 aromatic rings. The van der Waals surface area contributed by atoms with E-state index in [1.54, 1.807) is 25.3 Å². The Balaban J connectivity index is 2.08. The Morgan fingerprint density at radius 1 is 1.33 bits per heavy atom. The van der Waals surface area contributed by atoms with Crippen molar-refractivity contribution in [2.24, 2.45) is 5.92 Å². The third-order valence-electron chi connectivity index (χ3n) is 4.49. The fourth-order valence-electron chi connectivity index (χ4n) is 3.27. The number of pyridine rings is 1. The smallest absolute Gasteiger partial charge is 0.330 e. The molecule has 0 fully saturated rings. The molecule has 27 heavy (non-hydrogen) atoms. The van der Waals surface area contributed by atoms with Crippen LogP contribution in [0.4, 0.5) is 0 Å². The maximum atomic E-state index is 12.3. The van der Waals surface area contributed by atoms with Crippen molar-refractivity contribution >= 4 is 11.0 Å². The first kappa shape index (κ1) is 17.3. The number of aromatic amines is 1. The number of nitrogens with zero attached hydrogens (tertiary/aromatic N) is 2. The van der Waals surface area contributed by atoms with Gasteiger partial charge < -0.3 is 14.6 Å². The number of fused-ring (bicyclic) bond motifs is 4. The molecule has 1 aromatic carbocycles. The Bertz CT molecular complexity index is 1160. The lowest BCUT2D eigenvalue weighted by molar-refractivity contribution is -0.0215. The van der Waals surface area contributed by atoms with Crippen molar-refractivity contribution in [3.05, 3.63) is 50.7 Å². The highest BCUT2D eigenvalue weighted by molar-refractivity contribution is 5.83. The van der Waals surface area contributed by atoms with Crippen LogP contribution in [0.2, 0.25) is 0 Å². The monoisotopic (exact) mass is 369 g/mol. The minimum Gasteiger partial charge on any atom is -0.497 e. The molecule has 1 atom stereocenters. The zero-order chi connectivity index (χ0) is 19.3. The number of hydrogen-bond acceptors (Lipinski definition) is 6. The minimum absolute atomic E-state index is 0.177. The first-order valence-electron chi connectivity index (χ1n) is 8.60. The van der Waals surface area contributed by atoms with Crippen molar-refractivity contribution in [3.63, 3.8) is 0 Å². The van der Waals surface area contributed by atoms with Crippen LogP contribution in [-0.4, -0.2) is 26.8 Å². The van der Waals surface area contributed by atoms with Crippen molar-refractivity contribution in [3.8, 4) is 22.8 Å². The number of H-pyrrole nitrogens is 1. The topological polar surface area (TPSA) is 106 Å². The number of benzene rings is 1. The van der Waals surface area contributed by atoms with E-state index >= 15 is 0 Å². The van der Waals surface area contributed by atoms with Crippen LogP contribution < -0.4 is 20.7 Å². The third-order valence-corrected chi connectivity index (χ3v) is 4.49. The number of nitrogens with one attached hydrogen (secondary N) is 1. The Morgan fingerprint density at radius 2 is 2.11 bits per heavy atom. The van der Waals surface area contributed by atoms with Gasteiger partial charge in [0, 0.05) is 17.7 Å². The number of hydrogen-bond donors (Lipinski definition) is 2. The average Bonchev–Trinajstić information content (AvgIpc) is 2.64. The fourth-order valence-corrected chi connectivity index (χ4v) is 3.27. The van der Waals surface area contributed by atoms with E-state index in [2.05, 4.69) is 9.97 Å². The lowest BCUT2D eigenvalue weighted by atomic mass is 10.0. The maximum Gasteiger partial charge on any atom is 0.330 e. The Kier molecular flexibility index (Phi) is 4.00. The number of methoxy groups -OCH3 is 1. The van der Waals surface area contributed by atoms with Crippen molar-refractivity contribution in [2.45, 2.75) is 26.7 Å². The van der Waals surface area contributed by atoms with Crippen LogP contribution in [0.1, 0.15) is 25.7 Å². The lowest BCUT2D eigenvalue weighted by Gasteiger charge is -2.25. The van der Waals surface area contributed by atoms with Crippen LogP contribution in [0, 0.1) is 5.92 Å². The van der Waals surface area contributed by atoms with Crippen LogP contribution in [0.5, 0.6) is 11.5 Å². The molecule has 0 aliphatic carbocycles. The number of aromatic nitrogens is 3. The standard InChI is InChI=1S/C19H19N3O5/c1-9(2)8-22-16-13(17(23)21-19(22)25)7-12-15(20-16)11-6-10(26-3)4-5-14(11)27-18(12)24/h4-7,9,18,24H,8H2,1-3H3,(H,21,23,25)/t18-/m0/s1. The van der Waals surface area contributed by atoms with Crippen LogP contribution in [0.3, 0.4) is 0 Å². The highest BCUT2D eigenvalue weighted by Crippen LogP contribution is 2.42. The minimum atomic E-state index is -1.26. The summed E-state index contributed by atoms with van der Waals surface area (Å²) in [6, 6.07) is 6.68. The van der Waals surface area contributed by atoms with Gasteiger partial charge in [-0.3, -0.25) is 14.3 Å². The van der Waals surface area contributed by atoms with Crippen LogP contribution in [0.15, 0.2) is 33.9 Å². The molecular formula is C19H19N3O5. The second-order valence-corrected chi connectivity index (χ2v) is 6.89. The summed E-state index contributed by atoms with van der Waals surface area (Å²) in [6.07, 6.45) is -1.26. The van der Waals surface area contributed by atoms with Gasteiger partial charge in [-0.05, 0) is 30.2 Å². The molecule has 1 aliphatic heterocycles. The van der Waals surface area contributed by atoms with Gasteiger partial charge in [0.15, 0.2) is 0 Å². The molecule has 140 valence electrons. The van der Waals surface area contributed by atoms with E-state index in [-0.39, 0.29) is 17.0 Å². The summed E-state index contributed by atoms with van der Waals surface area (Å²) in [6.45, 7) is 4.35. The second-order valence-electron chi connectivity index (χ2n) is 6.89. The van der Waals surface area contributed by atoms with E-state index in [1.807, 2.05) is 13.8 Å². The zero-order valence-corrected chi connectivity index (χ0v) is 15.1. The van der Waals surface area contributed by atoms with Crippen LogP contribution in [-0.2, 0) is 6.54 Å². The van der Waals surface area contributed by atoms with Gasteiger partial charge in [-0.15, -0.1) is 0 Å². The highest BCUT2D eigenvalue weighted by Gasteiger charge is 2.28. The van der Waals surface area contributed by atoms with E-state index in [4.69, 9.17) is 9.47 Å². The zero-order valence-electron chi connectivity index (χ0n) is 15.1. The highest BCUT2D eigenvalue weighted by atomic mass is 16.6. The molecular weight excluding hydrogens is 350 g/mol. The lowest BCUT2D eigenvalue weighted by Crippen LogP contribution is -2.32. The van der Waals surface area contributed by atoms with Gasteiger partial charge in [-0.2, -0.15) is 0 Å². The number of aliphatic hydroxyl groups is 1. The Labute approximate surface area is 154 Å². The first-order chi connectivity index (χ1) is 12.9. The second kappa shape index (κ2) is 6.24. The maximum absolute atomic E-state index is 12.3. The third kappa shape index (κ3) is 2.78. The Morgan fingerprint density at radius 3 is 2.81 bits per heavy atom. The molecule has 3 heterocycles. The first-order valence-corrected chi connectivity index (χ1v) is 8.60. The van der Waals surface area contributed by atoms with Crippen molar-refractivity contribution < 1.29 is 14.6 Å². The molecule has 2 N–H and O–H groups in total. The molecule has 0 saturated carbocycles. The predicted molar refractivity (Wildman–Crippen MR) is 99.0 cm³/mol. The Hall–Kier alpha value is -3.13. The normalized spacial score (nSPS) is 15.4. The summed E-state index contributed by atoms with van der Waals surface area (Å²) in [4.78, 5) is 31.6. The van der Waals surface area contributed by atoms with E-state index in [9.17, 15) is 14.7 Å². The van der Waals surface area contributed by atoms with Crippen molar-refractivity contribution in [2.75, 3.05) is 7.11 Å². The van der Waals surface area contributed by atoms with E-state index < -0.39 is 17.5 Å². The molecule has 1 aliphatic rings. The van der Waals surface area contributed by atoms with Crippen molar-refractivity contribution in [1.29, 1.82) is 0 Å². The molecule has 8 nitrogen and oxygen atoms in total. The quantitative estimate of drug-likeness (QED) is 0.729.